The van der Waals surface area contributed by atoms with Gasteiger partial charge in [0.05, 0.1) is 11.4 Å². The second-order valence-electron chi connectivity index (χ2n) is 10.3. The molecule has 0 fully saturated rings. The summed E-state index contributed by atoms with van der Waals surface area (Å²) >= 11 is 0. The standard InChI is InChI=1S/C40H32N2/c1-3-11-33(12-4-1)39-17-9-7-15-35(39)29-41-37-25-21-31(22-26-37)19-20-32-23-27-38(28-24-32)42-30-36-16-8-10-18-40(36)34-13-5-2-6-14-34/h1-18,21-30H,19-20H2. The number of nitrogens with zero attached hydrogens (tertiary/aromatic N) is 2. The summed E-state index contributed by atoms with van der Waals surface area (Å²) in [5.74, 6) is 0. The van der Waals surface area contributed by atoms with E-state index in [1.165, 1.54) is 33.4 Å². The first kappa shape index (κ1) is 26.9. The van der Waals surface area contributed by atoms with E-state index in [0.29, 0.717) is 0 Å². The number of aryl methyl sites for hydroxylation is 2. The number of hydrogen-bond acceptors (Lipinski definition) is 2. The van der Waals surface area contributed by atoms with Gasteiger partial charge in [-0.3, -0.25) is 9.98 Å². The summed E-state index contributed by atoms with van der Waals surface area (Å²) in [5, 5.41) is 0. The molecule has 0 aliphatic carbocycles. The van der Waals surface area contributed by atoms with E-state index in [-0.39, 0.29) is 0 Å². The lowest BCUT2D eigenvalue weighted by Crippen LogP contribution is -1.91. The van der Waals surface area contributed by atoms with Crippen LogP contribution >= 0.6 is 0 Å². The molecule has 2 nitrogen and oxygen atoms in total. The zero-order valence-corrected chi connectivity index (χ0v) is 23.5. The summed E-state index contributed by atoms with van der Waals surface area (Å²) in [4.78, 5) is 9.51. The molecular weight excluding hydrogens is 508 g/mol. The van der Waals surface area contributed by atoms with E-state index in [0.717, 1.165) is 35.3 Å². The fraction of sp³-hybridized carbons (Fsp3) is 0.0500. The Morgan fingerprint density at radius 1 is 0.357 bits per heavy atom. The number of rotatable bonds is 9. The van der Waals surface area contributed by atoms with Gasteiger partial charge in [-0.2, -0.15) is 0 Å². The zero-order chi connectivity index (χ0) is 28.4. The maximum Gasteiger partial charge on any atom is 0.0630 e. The highest BCUT2D eigenvalue weighted by Gasteiger charge is 2.04. The molecule has 0 amide bonds. The molecule has 42 heavy (non-hydrogen) atoms. The molecule has 0 radical (unpaired) electrons. The monoisotopic (exact) mass is 540 g/mol. The van der Waals surface area contributed by atoms with Gasteiger partial charge in [0.15, 0.2) is 0 Å². The third-order valence-electron chi connectivity index (χ3n) is 7.37. The Bertz CT molecular complexity index is 1650. The Labute approximate surface area is 248 Å². The van der Waals surface area contributed by atoms with Gasteiger partial charge in [-0.05, 0) is 70.5 Å². The van der Waals surface area contributed by atoms with Crippen LogP contribution in [0, 0.1) is 0 Å². The molecule has 0 spiro atoms. The van der Waals surface area contributed by atoms with Gasteiger partial charge in [-0.15, -0.1) is 0 Å². The smallest absolute Gasteiger partial charge is 0.0630 e. The summed E-state index contributed by atoms with van der Waals surface area (Å²) < 4.78 is 0. The van der Waals surface area contributed by atoms with Crippen molar-refractivity contribution in [2.75, 3.05) is 0 Å². The average molecular weight is 541 g/mol. The fourth-order valence-electron chi connectivity index (χ4n) is 5.05. The molecule has 6 aromatic carbocycles. The Morgan fingerprint density at radius 2 is 0.714 bits per heavy atom. The Hall–Kier alpha value is -5.34. The molecule has 0 unspecified atom stereocenters. The maximum absolute atomic E-state index is 4.76. The van der Waals surface area contributed by atoms with Crippen LogP contribution in [0.1, 0.15) is 22.3 Å². The van der Waals surface area contributed by atoms with E-state index in [9.17, 15) is 0 Å². The zero-order valence-electron chi connectivity index (χ0n) is 23.5. The van der Waals surface area contributed by atoms with Crippen molar-refractivity contribution in [2.45, 2.75) is 12.8 Å². The van der Waals surface area contributed by atoms with Crippen LogP contribution in [-0.2, 0) is 12.8 Å². The Balaban J connectivity index is 1.06. The fourth-order valence-corrected chi connectivity index (χ4v) is 5.05. The van der Waals surface area contributed by atoms with E-state index in [2.05, 4.69) is 146 Å². The highest BCUT2D eigenvalue weighted by Crippen LogP contribution is 2.25. The van der Waals surface area contributed by atoms with E-state index < -0.39 is 0 Å². The molecule has 0 N–H and O–H groups in total. The molecule has 6 aromatic rings. The SMILES string of the molecule is C(=Nc1ccc(CCc2ccc(N=Cc3ccccc3-c3ccccc3)cc2)cc1)c1ccccc1-c1ccccc1. The summed E-state index contributed by atoms with van der Waals surface area (Å²) in [6.07, 6.45) is 5.88. The first-order valence-corrected chi connectivity index (χ1v) is 14.4. The molecule has 0 aromatic heterocycles. The van der Waals surface area contributed by atoms with E-state index in [1.807, 2.05) is 24.6 Å². The topological polar surface area (TPSA) is 24.7 Å². The molecule has 0 atom stereocenters. The van der Waals surface area contributed by atoms with Gasteiger partial charge < -0.3 is 0 Å². The van der Waals surface area contributed by atoms with Crippen molar-refractivity contribution < 1.29 is 0 Å². The molecule has 2 heteroatoms. The van der Waals surface area contributed by atoms with Crippen LogP contribution in [0.25, 0.3) is 22.3 Å². The lowest BCUT2D eigenvalue weighted by atomic mass is 10.0. The first-order valence-electron chi connectivity index (χ1n) is 14.4. The summed E-state index contributed by atoms with van der Waals surface area (Å²) in [6.45, 7) is 0. The molecule has 0 heterocycles. The summed E-state index contributed by atoms with van der Waals surface area (Å²) in [7, 11) is 0. The maximum atomic E-state index is 4.76. The summed E-state index contributed by atoms with van der Waals surface area (Å²) in [5.41, 5.74) is 11.5. The van der Waals surface area contributed by atoms with Crippen LogP contribution in [0.4, 0.5) is 11.4 Å². The molecule has 0 aliphatic heterocycles. The number of hydrogen-bond donors (Lipinski definition) is 0. The second kappa shape index (κ2) is 13.3. The van der Waals surface area contributed by atoms with Crippen LogP contribution in [0.5, 0.6) is 0 Å². The normalized spacial score (nSPS) is 11.3. The molecule has 0 bridgehead atoms. The van der Waals surface area contributed by atoms with Crippen LogP contribution in [0.3, 0.4) is 0 Å². The predicted molar refractivity (Wildman–Crippen MR) is 179 cm³/mol. The van der Waals surface area contributed by atoms with Crippen molar-refractivity contribution >= 4 is 23.8 Å². The molecule has 202 valence electrons. The van der Waals surface area contributed by atoms with Crippen molar-refractivity contribution in [3.63, 3.8) is 0 Å². The van der Waals surface area contributed by atoms with E-state index >= 15 is 0 Å². The first-order chi connectivity index (χ1) is 20.8. The van der Waals surface area contributed by atoms with Gasteiger partial charge in [0.1, 0.15) is 0 Å². The van der Waals surface area contributed by atoms with Crippen LogP contribution in [0.15, 0.2) is 168 Å². The molecule has 6 rings (SSSR count). The highest BCUT2D eigenvalue weighted by molar-refractivity contribution is 5.92. The molecular formula is C40H32N2. The van der Waals surface area contributed by atoms with Gasteiger partial charge in [-0.1, -0.05) is 133 Å². The minimum absolute atomic E-state index is 0.956. The molecule has 0 saturated heterocycles. The second-order valence-corrected chi connectivity index (χ2v) is 10.3. The third-order valence-corrected chi connectivity index (χ3v) is 7.37. The van der Waals surface area contributed by atoms with Crippen LogP contribution in [0.2, 0.25) is 0 Å². The van der Waals surface area contributed by atoms with E-state index in [4.69, 9.17) is 9.98 Å². The summed E-state index contributed by atoms with van der Waals surface area (Å²) in [6, 6.07) is 54.8. The van der Waals surface area contributed by atoms with Crippen LogP contribution < -0.4 is 0 Å². The lowest BCUT2D eigenvalue weighted by Gasteiger charge is -2.06. The van der Waals surface area contributed by atoms with Gasteiger partial charge in [0.25, 0.3) is 0 Å². The highest BCUT2D eigenvalue weighted by atomic mass is 14.7. The quantitative estimate of drug-likeness (QED) is 0.163. The van der Waals surface area contributed by atoms with Gasteiger partial charge in [0, 0.05) is 23.6 Å². The Morgan fingerprint density at radius 3 is 1.12 bits per heavy atom. The van der Waals surface area contributed by atoms with Crippen molar-refractivity contribution in [3.8, 4) is 22.3 Å². The van der Waals surface area contributed by atoms with Crippen molar-refractivity contribution in [1.82, 2.24) is 0 Å². The number of aliphatic imine (C=N–C) groups is 2. The number of benzene rings is 6. The van der Waals surface area contributed by atoms with Crippen LogP contribution in [-0.4, -0.2) is 12.4 Å². The van der Waals surface area contributed by atoms with Crippen molar-refractivity contribution in [1.29, 1.82) is 0 Å². The average Bonchev–Trinajstić information content (AvgIpc) is 3.07. The Kier molecular flexibility index (Phi) is 8.53. The largest absolute Gasteiger partial charge is 0.256 e. The molecule has 0 aliphatic rings. The van der Waals surface area contributed by atoms with Gasteiger partial charge in [-0.25, -0.2) is 0 Å². The van der Waals surface area contributed by atoms with Crippen molar-refractivity contribution in [3.05, 3.63) is 180 Å². The molecule has 0 saturated carbocycles. The third kappa shape index (κ3) is 6.86. The van der Waals surface area contributed by atoms with E-state index in [1.54, 1.807) is 0 Å². The minimum atomic E-state index is 0.956. The van der Waals surface area contributed by atoms with Gasteiger partial charge in [0.2, 0.25) is 0 Å². The lowest BCUT2D eigenvalue weighted by molar-refractivity contribution is 0.960. The predicted octanol–water partition coefficient (Wildman–Crippen LogP) is 10.3. The van der Waals surface area contributed by atoms with Gasteiger partial charge >= 0.3 is 0 Å². The minimum Gasteiger partial charge on any atom is -0.256 e. The van der Waals surface area contributed by atoms with Crippen molar-refractivity contribution in [2.24, 2.45) is 9.98 Å².